The maximum absolute atomic E-state index is 13.6. The van der Waals surface area contributed by atoms with Crippen molar-refractivity contribution in [3.63, 3.8) is 0 Å². The SMILES string of the molecule is CC(C)(O)[C@@H]1CC[C@](C)([C@H]2[C@@H](OC(=O)C(CCC(=O)O)NCl)C[C@@]3(C)C4C[C@H](O)[C@H]5C(C)(C)[C@@H](O)CC[C@@]56CC46CC[C@]23C)O1. The normalized spacial score (nSPS) is 50.5. The Bertz CT molecular complexity index is 1220. The first-order chi connectivity index (χ1) is 20.7. The van der Waals surface area contributed by atoms with Gasteiger partial charge in [-0.3, -0.25) is 9.59 Å². The van der Waals surface area contributed by atoms with Crippen molar-refractivity contribution in [1.82, 2.24) is 4.84 Å². The van der Waals surface area contributed by atoms with Crippen molar-refractivity contribution in [2.24, 2.45) is 44.8 Å². The molecule has 13 atom stereocenters. The van der Waals surface area contributed by atoms with Crippen molar-refractivity contribution in [3.05, 3.63) is 0 Å². The van der Waals surface area contributed by atoms with Crippen molar-refractivity contribution in [2.75, 3.05) is 0 Å². The molecule has 5 aliphatic carbocycles. The van der Waals surface area contributed by atoms with E-state index in [4.69, 9.17) is 21.3 Å². The van der Waals surface area contributed by atoms with Crippen LogP contribution in [0, 0.1) is 44.8 Å². The summed E-state index contributed by atoms with van der Waals surface area (Å²) in [5.74, 6) is -1.47. The van der Waals surface area contributed by atoms with Crippen LogP contribution in [-0.2, 0) is 19.1 Å². The Hall–Kier alpha value is -0.970. The summed E-state index contributed by atoms with van der Waals surface area (Å²) in [7, 11) is 0. The van der Waals surface area contributed by atoms with Crippen LogP contribution in [-0.4, -0.2) is 74.0 Å². The van der Waals surface area contributed by atoms with Crippen LogP contribution in [0.25, 0.3) is 0 Å². The molecule has 10 heteroatoms. The molecule has 1 aliphatic heterocycles. The predicted octanol–water partition coefficient (Wildman–Crippen LogP) is 4.96. The fraction of sp³-hybridized carbons (Fsp3) is 0.943. The Morgan fingerprint density at radius 3 is 2.29 bits per heavy atom. The van der Waals surface area contributed by atoms with Crippen LogP contribution in [0.2, 0.25) is 0 Å². The van der Waals surface area contributed by atoms with E-state index >= 15 is 0 Å². The van der Waals surface area contributed by atoms with E-state index in [1.807, 2.05) is 0 Å². The Kier molecular flexibility index (Phi) is 7.92. The molecule has 3 unspecified atom stereocenters. The average Bonchev–Trinajstić information content (AvgIpc) is 3.27. The summed E-state index contributed by atoms with van der Waals surface area (Å²) in [4.78, 5) is 27.4. The van der Waals surface area contributed by atoms with Gasteiger partial charge in [0.05, 0.1) is 29.5 Å². The fourth-order valence-electron chi connectivity index (χ4n) is 12.9. The molecule has 0 aromatic heterocycles. The van der Waals surface area contributed by atoms with Crippen LogP contribution >= 0.6 is 11.8 Å². The topological polar surface area (TPSA) is 146 Å². The van der Waals surface area contributed by atoms with Crippen LogP contribution in [0.1, 0.15) is 119 Å². The minimum Gasteiger partial charge on any atom is -0.481 e. The van der Waals surface area contributed by atoms with E-state index in [2.05, 4.69) is 39.5 Å². The second-order valence-corrected chi connectivity index (χ2v) is 18.1. The molecular weight excluding hydrogens is 598 g/mol. The van der Waals surface area contributed by atoms with Gasteiger partial charge in [-0.05, 0) is 136 Å². The first-order valence-corrected chi connectivity index (χ1v) is 17.6. The molecule has 0 aromatic carbocycles. The van der Waals surface area contributed by atoms with Gasteiger partial charge in [0.1, 0.15) is 12.1 Å². The molecule has 0 amide bonds. The minimum absolute atomic E-state index is 0.0108. The molecule has 45 heavy (non-hydrogen) atoms. The second kappa shape index (κ2) is 10.5. The molecule has 256 valence electrons. The third kappa shape index (κ3) is 4.63. The molecule has 1 saturated heterocycles. The van der Waals surface area contributed by atoms with Gasteiger partial charge in [0.25, 0.3) is 0 Å². The van der Waals surface area contributed by atoms with Gasteiger partial charge in [-0.2, -0.15) is 0 Å². The number of halogens is 1. The molecule has 1 heterocycles. The van der Waals surface area contributed by atoms with Crippen molar-refractivity contribution in [3.8, 4) is 0 Å². The zero-order valence-electron chi connectivity index (χ0n) is 28.2. The van der Waals surface area contributed by atoms with Crippen LogP contribution in [0.5, 0.6) is 0 Å². The van der Waals surface area contributed by atoms with E-state index in [9.17, 15) is 30.0 Å². The number of carbonyl (C=O) groups excluding carboxylic acids is 1. The van der Waals surface area contributed by atoms with Gasteiger partial charge < -0.3 is 29.9 Å². The van der Waals surface area contributed by atoms with Crippen molar-refractivity contribution >= 4 is 23.7 Å². The lowest BCUT2D eigenvalue weighted by Gasteiger charge is -2.64. The van der Waals surface area contributed by atoms with Crippen LogP contribution in [0.15, 0.2) is 0 Å². The number of aliphatic carboxylic acids is 1. The predicted molar refractivity (Wildman–Crippen MR) is 168 cm³/mol. The number of aliphatic hydroxyl groups is 3. The van der Waals surface area contributed by atoms with Gasteiger partial charge in [0, 0.05) is 12.3 Å². The van der Waals surface area contributed by atoms with E-state index < -0.39 is 47.5 Å². The Morgan fingerprint density at radius 2 is 1.69 bits per heavy atom. The minimum atomic E-state index is -1.02. The Balaban J connectivity index is 1.38. The van der Waals surface area contributed by atoms with E-state index in [0.717, 1.165) is 38.5 Å². The second-order valence-electron chi connectivity index (χ2n) is 17.9. The molecule has 9 nitrogen and oxygen atoms in total. The molecule has 6 fully saturated rings. The number of carboxylic acids is 1. The number of esters is 1. The number of ether oxygens (including phenoxy) is 2. The number of hydrogen-bond donors (Lipinski definition) is 5. The zero-order chi connectivity index (χ0) is 33.2. The highest BCUT2D eigenvalue weighted by atomic mass is 35.5. The summed E-state index contributed by atoms with van der Waals surface area (Å²) < 4.78 is 13.2. The number of hydrogen-bond acceptors (Lipinski definition) is 8. The molecular formula is C35H56ClNO8. The maximum Gasteiger partial charge on any atom is 0.324 e. The highest BCUT2D eigenvalue weighted by Crippen LogP contribution is 2.89. The summed E-state index contributed by atoms with van der Waals surface area (Å²) in [6, 6.07) is -0.959. The molecule has 6 aliphatic rings. The largest absolute Gasteiger partial charge is 0.481 e. The highest BCUT2D eigenvalue weighted by Gasteiger charge is 2.85. The van der Waals surface area contributed by atoms with Crippen LogP contribution in [0.4, 0.5) is 0 Å². The van der Waals surface area contributed by atoms with Gasteiger partial charge in [-0.15, -0.1) is 0 Å². The number of carboxylic acid groups (broad SMARTS) is 1. The summed E-state index contributed by atoms with van der Waals surface area (Å²) in [5, 5.41) is 43.2. The Morgan fingerprint density at radius 1 is 1.00 bits per heavy atom. The highest BCUT2D eigenvalue weighted by molar-refractivity contribution is 6.14. The van der Waals surface area contributed by atoms with Crippen molar-refractivity contribution < 1.29 is 39.5 Å². The fourth-order valence-corrected chi connectivity index (χ4v) is 13.1. The third-order valence-corrected chi connectivity index (χ3v) is 15.3. The summed E-state index contributed by atoms with van der Waals surface area (Å²) in [6.45, 7) is 14.6. The lowest BCUT2D eigenvalue weighted by atomic mass is 9.41. The summed E-state index contributed by atoms with van der Waals surface area (Å²) in [6.07, 6.45) is 5.45. The number of aliphatic hydroxyl groups excluding tert-OH is 2. The molecule has 0 aromatic rings. The Labute approximate surface area is 273 Å². The lowest BCUT2D eigenvalue weighted by molar-refractivity contribution is -0.214. The first-order valence-electron chi connectivity index (χ1n) is 17.3. The standard InChI is InChI=1S/C35H56ClNO8/c1-29(2)23(39)10-13-35-18-34(35)15-14-31(5)27(33(7)12-11-24(45-33)30(3,4)43)21(44-28(42)19(37-36)8-9-25(40)41)17-32(31,6)22(34)16-20(38)26(29)35/h19-24,26-27,37-39,43H,8-18H2,1-7H3,(H,40,41)/t19?,20-,21-,22?,23-,24-,26-,27-,31+,32-,33+,34?,35+/m0/s1. The molecule has 2 spiro atoms. The van der Waals surface area contributed by atoms with Gasteiger partial charge in [0.15, 0.2) is 0 Å². The molecule has 0 radical (unpaired) electrons. The quantitative estimate of drug-likeness (QED) is 0.181. The number of carbonyl (C=O) groups is 2. The third-order valence-electron chi connectivity index (χ3n) is 15.1. The number of rotatable bonds is 8. The van der Waals surface area contributed by atoms with E-state index in [0.29, 0.717) is 19.3 Å². The van der Waals surface area contributed by atoms with Crippen LogP contribution < -0.4 is 4.84 Å². The van der Waals surface area contributed by atoms with Crippen LogP contribution in [0.3, 0.4) is 0 Å². The van der Waals surface area contributed by atoms with Gasteiger partial charge in [-0.25, -0.2) is 4.84 Å². The molecule has 0 bridgehead atoms. The van der Waals surface area contributed by atoms with Gasteiger partial charge >= 0.3 is 11.9 Å². The average molecular weight is 654 g/mol. The van der Waals surface area contributed by atoms with Crippen molar-refractivity contribution in [1.29, 1.82) is 0 Å². The monoisotopic (exact) mass is 653 g/mol. The molecule has 5 N–H and O–H groups in total. The number of nitrogens with one attached hydrogen (secondary N) is 1. The first kappa shape index (κ1) is 33.9. The molecule has 5 saturated carbocycles. The number of fused-ring (bicyclic) bond motifs is 2. The summed E-state index contributed by atoms with van der Waals surface area (Å²) >= 11 is 5.95. The maximum atomic E-state index is 13.6. The van der Waals surface area contributed by atoms with Gasteiger partial charge in [-0.1, -0.05) is 27.7 Å². The van der Waals surface area contributed by atoms with E-state index in [-0.39, 0.29) is 63.8 Å². The smallest absolute Gasteiger partial charge is 0.324 e. The lowest BCUT2D eigenvalue weighted by Crippen LogP contribution is -2.62. The van der Waals surface area contributed by atoms with E-state index in [1.54, 1.807) is 13.8 Å². The molecule has 6 rings (SSSR count). The van der Waals surface area contributed by atoms with Gasteiger partial charge in [0.2, 0.25) is 0 Å². The zero-order valence-corrected chi connectivity index (χ0v) is 29.0. The van der Waals surface area contributed by atoms with E-state index in [1.165, 1.54) is 0 Å². The summed E-state index contributed by atoms with van der Waals surface area (Å²) in [5.41, 5.74) is -2.51. The van der Waals surface area contributed by atoms with Crippen molar-refractivity contribution in [2.45, 2.75) is 161 Å².